The number of nitrogens with one attached hydrogen (secondary N) is 2. The van der Waals surface area contributed by atoms with Gasteiger partial charge in [-0.1, -0.05) is 19.1 Å². The van der Waals surface area contributed by atoms with Crippen molar-refractivity contribution >= 4 is 23.6 Å². The summed E-state index contributed by atoms with van der Waals surface area (Å²) >= 11 is 1.03. The van der Waals surface area contributed by atoms with Crippen molar-refractivity contribution in [3.63, 3.8) is 0 Å². The van der Waals surface area contributed by atoms with Crippen LogP contribution >= 0.6 is 11.8 Å². The van der Waals surface area contributed by atoms with Crippen LogP contribution in [0.25, 0.3) is 0 Å². The molecule has 2 N–H and O–H groups in total. The monoisotopic (exact) mass is 350 g/mol. The Morgan fingerprint density at radius 2 is 1.71 bits per heavy atom. The number of rotatable bonds is 5. The van der Waals surface area contributed by atoms with E-state index in [1.165, 1.54) is 6.07 Å². The Labute approximate surface area is 142 Å². The van der Waals surface area contributed by atoms with Gasteiger partial charge in [-0.3, -0.25) is 20.4 Å². The highest BCUT2D eigenvalue weighted by atomic mass is 32.2. The number of halogens is 2. The van der Waals surface area contributed by atoms with E-state index in [0.29, 0.717) is 10.5 Å². The van der Waals surface area contributed by atoms with E-state index in [2.05, 4.69) is 10.9 Å². The summed E-state index contributed by atoms with van der Waals surface area (Å²) in [6, 6.07) is 10.4. The number of thioether (sulfide) groups is 1. The molecule has 0 saturated heterocycles. The number of hydrazine groups is 1. The van der Waals surface area contributed by atoms with E-state index in [0.717, 1.165) is 35.9 Å². The molecule has 0 radical (unpaired) electrons. The van der Waals surface area contributed by atoms with E-state index in [4.69, 9.17) is 0 Å². The second-order valence-electron chi connectivity index (χ2n) is 4.92. The normalized spacial score (nSPS) is 10.3. The first-order valence-electron chi connectivity index (χ1n) is 7.25. The van der Waals surface area contributed by atoms with Crippen LogP contribution in [0.4, 0.5) is 8.78 Å². The van der Waals surface area contributed by atoms with Gasteiger partial charge in [-0.05, 0) is 42.3 Å². The number of benzene rings is 2. The maximum atomic E-state index is 13.1. The molecule has 0 aliphatic heterocycles. The molecule has 2 rings (SSSR count). The number of carbonyl (C=O) groups excluding carboxylic acids is 2. The molecule has 4 nitrogen and oxygen atoms in total. The average Bonchev–Trinajstić information content (AvgIpc) is 2.60. The highest BCUT2D eigenvalue weighted by Gasteiger charge is 2.09. The first-order chi connectivity index (χ1) is 11.5. The molecule has 2 amide bonds. The number of carbonyl (C=O) groups is 2. The molecule has 0 aliphatic carbocycles. The van der Waals surface area contributed by atoms with Crippen LogP contribution in [0, 0.1) is 11.6 Å². The molecule has 0 aliphatic rings. The summed E-state index contributed by atoms with van der Waals surface area (Å²) in [7, 11) is 0. The van der Waals surface area contributed by atoms with Crippen LogP contribution in [-0.2, 0) is 11.2 Å². The van der Waals surface area contributed by atoms with Crippen molar-refractivity contribution < 1.29 is 18.4 Å². The Morgan fingerprint density at radius 3 is 2.33 bits per heavy atom. The van der Waals surface area contributed by atoms with Gasteiger partial charge in [-0.15, -0.1) is 11.8 Å². The highest BCUT2D eigenvalue weighted by molar-refractivity contribution is 8.00. The summed E-state index contributed by atoms with van der Waals surface area (Å²) in [4.78, 5) is 24.0. The van der Waals surface area contributed by atoms with Gasteiger partial charge in [-0.25, -0.2) is 8.78 Å². The molecule has 0 aromatic heterocycles. The minimum atomic E-state index is -0.968. The Kier molecular flexibility index (Phi) is 6.31. The summed E-state index contributed by atoms with van der Waals surface area (Å²) < 4.78 is 25.9. The Hall–Kier alpha value is -2.41. The van der Waals surface area contributed by atoms with Gasteiger partial charge in [0.15, 0.2) is 11.6 Å². The highest BCUT2D eigenvalue weighted by Crippen LogP contribution is 2.19. The SMILES string of the molecule is CCc1ccc(C(=O)NNC(=O)CSc2ccc(F)c(F)c2)cc1. The summed E-state index contributed by atoms with van der Waals surface area (Å²) in [6.45, 7) is 2.01. The molecule has 126 valence electrons. The van der Waals surface area contributed by atoms with Crippen LogP contribution < -0.4 is 10.9 Å². The van der Waals surface area contributed by atoms with Gasteiger partial charge in [0.2, 0.25) is 5.91 Å². The zero-order chi connectivity index (χ0) is 17.5. The molecule has 24 heavy (non-hydrogen) atoms. The zero-order valence-corrected chi connectivity index (χ0v) is 13.8. The largest absolute Gasteiger partial charge is 0.272 e. The van der Waals surface area contributed by atoms with Crippen LogP contribution in [0.2, 0.25) is 0 Å². The summed E-state index contributed by atoms with van der Waals surface area (Å²) in [5.41, 5.74) is 6.13. The molecule has 7 heteroatoms. The van der Waals surface area contributed by atoms with E-state index in [1.807, 2.05) is 19.1 Å². The fourth-order valence-electron chi connectivity index (χ4n) is 1.84. The second kappa shape index (κ2) is 8.44. The first-order valence-corrected chi connectivity index (χ1v) is 8.24. The van der Waals surface area contributed by atoms with Crippen LogP contribution in [0.15, 0.2) is 47.4 Å². The molecule has 0 heterocycles. The minimum absolute atomic E-state index is 0.0415. The maximum Gasteiger partial charge on any atom is 0.269 e. The smallest absolute Gasteiger partial charge is 0.269 e. The molecule has 2 aromatic carbocycles. The van der Waals surface area contributed by atoms with E-state index in [1.54, 1.807) is 12.1 Å². The lowest BCUT2D eigenvalue weighted by molar-refractivity contribution is -0.119. The maximum absolute atomic E-state index is 13.1. The molecule has 0 fully saturated rings. The van der Waals surface area contributed by atoms with Gasteiger partial charge in [0.1, 0.15) is 0 Å². The fourth-order valence-corrected chi connectivity index (χ4v) is 2.56. The number of aryl methyl sites for hydroxylation is 1. The molecule has 0 atom stereocenters. The lowest BCUT2D eigenvalue weighted by Gasteiger charge is -2.08. The Balaban J connectivity index is 1.79. The van der Waals surface area contributed by atoms with Crippen LogP contribution in [0.5, 0.6) is 0 Å². The quantitative estimate of drug-likeness (QED) is 0.644. The van der Waals surface area contributed by atoms with Crippen LogP contribution in [0.3, 0.4) is 0 Å². The predicted molar refractivity (Wildman–Crippen MR) is 88.5 cm³/mol. The lowest BCUT2D eigenvalue weighted by atomic mass is 10.1. The zero-order valence-electron chi connectivity index (χ0n) is 12.9. The summed E-state index contributed by atoms with van der Waals surface area (Å²) in [6.07, 6.45) is 0.875. The molecular formula is C17H16F2N2O2S. The van der Waals surface area contributed by atoms with Crippen molar-refractivity contribution in [2.24, 2.45) is 0 Å². The molecular weight excluding hydrogens is 334 g/mol. The van der Waals surface area contributed by atoms with Gasteiger partial charge < -0.3 is 0 Å². The van der Waals surface area contributed by atoms with Gasteiger partial charge in [0.25, 0.3) is 5.91 Å². The van der Waals surface area contributed by atoms with Gasteiger partial charge >= 0.3 is 0 Å². The second-order valence-corrected chi connectivity index (χ2v) is 5.97. The molecule has 2 aromatic rings. The van der Waals surface area contributed by atoms with Crippen molar-refractivity contribution in [3.8, 4) is 0 Å². The van der Waals surface area contributed by atoms with Crippen molar-refractivity contribution in [2.75, 3.05) is 5.75 Å². The van der Waals surface area contributed by atoms with Crippen molar-refractivity contribution in [1.82, 2.24) is 10.9 Å². The Morgan fingerprint density at radius 1 is 1.00 bits per heavy atom. The van der Waals surface area contributed by atoms with E-state index < -0.39 is 23.4 Å². The number of amides is 2. The average molecular weight is 350 g/mol. The molecule has 0 spiro atoms. The van der Waals surface area contributed by atoms with E-state index in [-0.39, 0.29) is 5.75 Å². The van der Waals surface area contributed by atoms with Crippen LogP contribution in [0.1, 0.15) is 22.8 Å². The lowest BCUT2D eigenvalue weighted by Crippen LogP contribution is -2.42. The molecule has 0 bridgehead atoms. The fraction of sp³-hybridized carbons (Fsp3) is 0.176. The van der Waals surface area contributed by atoms with Gasteiger partial charge in [0.05, 0.1) is 5.75 Å². The number of hydrogen-bond acceptors (Lipinski definition) is 3. The third-order valence-corrected chi connectivity index (χ3v) is 4.19. The standard InChI is InChI=1S/C17H16F2N2O2S/c1-2-11-3-5-12(6-4-11)17(23)21-20-16(22)10-24-13-7-8-14(18)15(19)9-13/h3-9H,2,10H2,1H3,(H,20,22)(H,21,23). The Bertz CT molecular complexity index is 736. The van der Waals surface area contributed by atoms with Gasteiger partial charge in [0, 0.05) is 10.5 Å². The van der Waals surface area contributed by atoms with E-state index in [9.17, 15) is 18.4 Å². The third kappa shape index (κ3) is 5.06. The molecule has 0 unspecified atom stereocenters. The number of hydrogen-bond donors (Lipinski definition) is 2. The third-order valence-electron chi connectivity index (χ3n) is 3.20. The van der Waals surface area contributed by atoms with Crippen molar-refractivity contribution in [2.45, 2.75) is 18.2 Å². The minimum Gasteiger partial charge on any atom is -0.272 e. The van der Waals surface area contributed by atoms with Crippen molar-refractivity contribution in [1.29, 1.82) is 0 Å². The summed E-state index contributed by atoms with van der Waals surface area (Å²) in [5, 5.41) is 0. The predicted octanol–water partition coefficient (Wildman–Crippen LogP) is 3.08. The van der Waals surface area contributed by atoms with Crippen molar-refractivity contribution in [3.05, 3.63) is 65.2 Å². The van der Waals surface area contributed by atoms with Gasteiger partial charge in [-0.2, -0.15) is 0 Å². The molecule has 0 saturated carbocycles. The van der Waals surface area contributed by atoms with Crippen LogP contribution in [-0.4, -0.2) is 17.6 Å². The first kappa shape index (κ1) is 17.9. The van der Waals surface area contributed by atoms with E-state index >= 15 is 0 Å². The summed E-state index contributed by atoms with van der Waals surface area (Å²) in [5.74, 6) is -2.83. The topological polar surface area (TPSA) is 58.2 Å².